The largest absolute Gasteiger partial charge is 0.508 e. The van der Waals surface area contributed by atoms with E-state index in [1.165, 1.54) is 19.1 Å². The van der Waals surface area contributed by atoms with E-state index in [9.17, 15) is 43.8 Å². The summed E-state index contributed by atoms with van der Waals surface area (Å²) in [6.07, 6.45) is -1.13. The fourth-order valence-electron chi connectivity index (χ4n) is 7.02. The van der Waals surface area contributed by atoms with Crippen LogP contribution in [-0.4, -0.2) is 107 Å². The Morgan fingerprint density at radius 2 is 1.21 bits per heavy atom. The van der Waals surface area contributed by atoms with Crippen LogP contribution in [0.4, 0.5) is 0 Å². The van der Waals surface area contributed by atoms with Gasteiger partial charge in [0.05, 0.1) is 12.1 Å². The molecule has 3 aromatic rings. The summed E-state index contributed by atoms with van der Waals surface area (Å²) in [5.41, 5.74) is 8.27. The molecule has 7 amide bonds. The lowest BCUT2D eigenvalue weighted by atomic mass is 9.96. The van der Waals surface area contributed by atoms with Gasteiger partial charge in [-0.2, -0.15) is 0 Å². The van der Waals surface area contributed by atoms with Gasteiger partial charge in [-0.15, -0.1) is 0 Å². The molecule has 4 rings (SSSR count). The summed E-state index contributed by atoms with van der Waals surface area (Å²) in [5, 5.41) is 39.5. The van der Waals surface area contributed by atoms with Gasteiger partial charge < -0.3 is 53.2 Å². The first-order valence-corrected chi connectivity index (χ1v) is 21.4. The molecule has 0 aliphatic carbocycles. The van der Waals surface area contributed by atoms with Crippen molar-refractivity contribution in [3.05, 3.63) is 102 Å². The summed E-state index contributed by atoms with van der Waals surface area (Å²) in [5.74, 6) is -6.17. The maximum atomic E-state index is 14.3. The van der Waals surface area contributed by atoms with Crippen LogP contribution in [0, 0.1) is 11.8 Å². The average Bonchev–Trinajstić information content (AvgIpc) is 3.25. The maximum absolute atomic E-state index is 14.3. The summed E-state index contributed by atoms with van der Waals surface area (Å²) in [6, 6.07) is 15.0. The zero-order valence-electron chi connectivity index (χ0n) is 36.4. The zero-order chi connectivity index (χ0) is 46.2. The number of aliphatic hydroxyl groups excluding tert-OH is 1. The molecule has 63 heavy (non-hydrogen) atoms. The Hall–Kier alpha value is -6.33. The molecule has 1 fully saturated rings. The number of amides is 7. The molecule has 0 bridgehead atoms. The predicted octanol–water partition coefficient (Wildman–Crippen LogP) is 0.259. The van der Waals surface area contributed by atoms with Gasteiger partial charge in [0.15, 0.2) is 0 Å². The van der Waals surface area contributed by atoms with Crippen molar-refractivity contribution >= 4 is 41.4 Å². The fourth-order valence-corrected chi connectivity index (χ4v) is 7.02. The van der Waals surface area contributed by atoms with E-state index in [1.807, 2.05) is 37.3 Å². The number of nitrogens with two attached hydrogens (primary N) is 1. The molecule has 0 radical (unpaired) electrons. The smallest absolute Gasteiger partial charge is 0.245 e. The van der Waals surface area contributed by atoms with Crippen molar-refractivity contribution in [3.63, 3.8) is 0 Å². The van der Waals surface area contributed by atoms with E-state index in [4.69, 9.17) is 5.73 Å². The van der Waals surface area contributed by atoms with Crippen LogP contribution in [0.3, 0.4) is 0 Å². The second-order valence-electron chi connectivity index (χ2n) is 16.4. The van der Waals surface area contributed by atoms with Gasteiger partial charge in [0.2, 0.25) is 41.4 Å². The van der Waals surface area contributed by atoms with Crippen LogP contribution >= 0.6 is 0 Å². The van der Waals surface area contributed by atoms with Gasteiger partial charge >= 0.3 is 0 Å². The van der Waals surface area contributed by atoms with Crippen LogP contribution in [-0.2, 0) is 52.8 Å². The second-order valence-corrected chi connectivity index (χ2v) is 16.4. The molecule has 1 heterocycles. The highest BCUT2D eigenvalue weighted by Gasteiger charge is 2.37. The molecule has 0 aromatic heterocycles. The summed E-state index contributed by atoms with van der Waals surface area (Å²) in [7, 11) is 0. The van der Waals surface area contributed by atoms with Crippen molar-refractivity contribution in [2.45, 2.75) is 115 Å². The third kappa shape index (κ3) is 14.9. The number of phenolic OH excluding ortho intramolecular Hbond substituents is 1. The van der Waals surface area contributed by atoms with E-state index in [0.717, 1.165) is 5.56 Å². The minimum absolute atomic E-state index is 0.0218. The molecule has 1 saturated heterocycles. The van der Waals surface area contributed by atoms with Crippen molar-refractivity contribution < 1.29 is 43.8 Å². The van der Waals surface area contributed by atoms with Crippen molar-refractivity contribution in [2.75, 3.05) is 6.54 Å². The molecule has 17 nitrogen and oxygen atoms in total. The molecule has 3 aromatic carbocycles. The molecule has 0 spiro atoms. The van der Waals surface area contributed by atoms with Gasteiger partial charge in [-0.3, -0.25) is 33.6 Å². The van der Waals surface area contributed by atoms with E-state index in [2.05, 4.69) is 37.2 Å². The maximum Gasteiger partial charge on any atom is 0.245 e. The Morgan fingerprint density at radius 1 is 0.683 bits per heavy atom. The van der Waals surface area contributed by atoms with Crippen molar-refractivity contribution in [2.24, 2.45) is 17.6 Å². The number of rotatable bonds is 14. The van der Waals surface area contributed by atoms with Crippen molar-refractivity contribution in [1.29, 1.82) is 0 Å². The number of phenols is 1. The highest BCUT2D eigenvalue weighted by atomic mass is 16.3. The average molecular weight is 871 g/mol. The number of carbonyl (C=O) groups excluding carboxylic acids is 7. The minimum Gasteiger partial charge on any atom is -0.508 e. The number of benzene rings is 3. The van der Waals surface area contributed by atoms with Crippen LogP contribution in [0.5, 0.6) is 5.75 Å². The first kappa shape index (κ1) is 49.3. The van der Waals surface area contributed by atoms with Crippen LogP contribution < -0.4 is 43.0 Å². The molecule has 1 aliphatic heterocycles. The number of hydrogen-bond acceptors (Lipinski definition) is 10. The molecule has 11 N–H and O–H groups in total. The van der Waals surface area contributed by atoms with Gasteiger partial charge in [0, 0.05) is 19.4 Å². The van der Waals surface area contributed by atoms with E-state index in [-0.39, 0.29) is 38.0 Å². The second kappa shape index (κ2) is 23.8. The third-order valence-electron chi connectivity index (χ3n) is 11.0. The summed E-state index contributed by atoms with van der Waals surface area (Å²) >= 11 is 0. The molecular weight excluding hydrogens is 809 g/mol. The number of aromatic hydroxyl groups is 1. The first-order chi connectivity index (χ1) is 30.0. The van der Waals surface area contributed by atoms with E-state index < -0.39 is 102 Å². The Kier molecular flexibility index (Phi) is 18.6. The lowest BCUT2D eigenvalue weighted by Gasteiger charge is -2.30. The minimum atomic E-state index is -1.56. The molecule has 0 saturated carbocycles. The lowest BCUT2D eigenvalue weighted by molar-refractivity contribution is -0.137. The van der Waals surface area contributed by atoms with Gasteiger partial charge in [0.1, 0.15) is 42.0 Å². The fraction of sp³-hybridized carbons (Fsp3) is 0.457. The van der Waals surface area contributed by atoms with Crippen molar-refractivity contribution in [1.82, 2.24) is 37.2 Å². The molecule has 340 valence electrons. The van der Waals surface area contributed by atoms with Crippen molar-refractivity contribution in [3.8, 4) is 5.75 Å². The molecule has 1 aliphatic rings. The van der Waals surface area contributed by atoms with Gasteiger partial charge in [-0.1, -0.05) is 107 Å². The standard InChI is InChI=1S/C46H62N8O9/c1-6-27(4)38-45(62)51-36(24-30-15-11-8-12-16-30)43(60)54-39(28(5)55)46(63)50-35(25-31-17-19-32(56)20-18-31)41(58)48-22-21-34(42(59)53-38)49-44(61)37(26(2)3)52-40(57)33(47)23-29-13-9-7-10-14-29/h7-20,26-28,33-39,55-56H,6,21-25,47H2,1-5H3,(H,48,58)(H,49,61)(H,50,63)(H,51,62)(H,52,57)(H,53,59)(H,54,60)/t27-,28+,33-,34-,35-,36-,37-,38-,39-/m0/s1. The third-order valence-corrected chi connectivity index (χ3v) is 11.0. The Balaban J connectivity index is 1.70. The quantitative estimate of drug-likeness (QED) is 0.106. The Morgan fingerprint density at radius 3 is 1.76 bits per heavy atom. The highest BCUT2D eigenvalue weighted by molar-refractivity contribution is 5.98. The van der Waals surface area contributed by atoms with E-state index in [0.29, 0.717) is 17.5 Å². The van der Waals surface area contributed by atoms with E-state index in [1.54, 1.807) is 63.2 Å². The first-order valence-electron chi connectivity index (χ1n) is 21.4. The number of hydrogen-bond donors (Lipinski definition) is 10. The highest BCUT2D eigenvalue weighted by Crippen LogP contribution is 2.15. The molecule has 0 unspecified atom stereocenters. The van der Waals surface area contributed by atoms with Gasteiger partial charge in [0.25, 0.3) is 0 Å². The monoisotopic (exact) mass is 870 g/mol. The Bertz CT molecular complexity index is 2020. The lowest BCUT2D eigenvalue weighted by Crippen LogP contribution is -2.62. The Labute approximate surface area is 368 Å². The van der Waals surface area contributed by atoms with E-state index >= 15 is 0 Å². The normalized spacial score (nSPS) is 22.4. The number of nitrogens with one attached hydrogen (secondary N) is 7. The molecule has 9 atom stereocenters. The summed E-state index contributed by atoms with van der Waals surface area (Å²) in [6.45, 7) is 8.06. The number of carbonyl (C=O) groups is 7. The molecular formula is C46H62N8O9. The zero-order valence-corrected chi connectivity index (χ0v) is 36.4. The number of aliphatic hydroxyl groups is 1. The van der Waals surface area contributed by atoms with Crippen LogP contribution in [0.15, 0.2) is 84.9 Å². The van der Waals surface area contributed by atoms with Gasteiger partial charge in [-0.05, 0) is 60.4 Å². The van der Waals surface area contributed by atoms with Gasteiger partial charge in [-0.25, -0.2) is 0 Å². The predicted molar refractivity (Wildman–Crippen MR) is 235 cm³/mol. The van der Waals surface area contributed by atoms with Crippen LogP contribution in [0.25, 0.3) is 0 Å². The topological polar surface area (TPSA) is 270 Å². The SMILES string of the molecule is CC[C@H](C)[C@@H]1NC(=O)[C@@H](NC(=O)[C@@H](NC(=O)[C@@H](N)Cc2ccccc2)C(C)C)CCNC(=O)[C@H](Cc2ccc(O)cc2)NC(=O)[C@H]([C@@H](C)O)NC(=O)[C@H](Cc2ccccc2)NC1=O. The summed E-state index contributed by atoms with van der Waals surface area (Å²) in [4.78, 5) is 97.6. The van der Waals surface area contributed by atoms with Crippen LogP contribution in [0.1, 0.15) is 64.2 Å². The van der Waals surface area contributed by atoms with Crippen LogP contribution in [0.2, 0.25) is 0 Å². The summed E-state index contributed by atoms with van der Waals surface area (Å²) < 4.78 is 0. The molecule has 17 heteroatoms.